The number of benzene rings is 2. The molecule has 1 aliphatic rings. The van der Waals surface area contributed by atoms with Crippen LogP contribution in [0.1, 0.15) is 24.5 Å². The third-order valence-electron chi connectivity index (χ3n) is 6.11. The number of anilines is 1. The molecule has 1 atom stereocenters. The number of amides is 1. The van der Waals surface area contributed by atoms with Crippen LogP contribution in [-0.4, -0.2) is 60.2 Å². The second-order valence-corrected chi connectivity index (χ2v) is 8.83. The lowest BCUT2D eigenvalue weighted by Crippen LogP contribution is -2.45. The lowest BCUT2D eigenvalue weighted by molar-refractivity contribution is -0.115. The molecule has 1 aromatic heterocycles. The van der Waals surface area contributed by atoms with E-state index in [4.69, 9.17) is 16.3 Å². The first-order chi connectivity index (χ1) is 16.4. The normalized spacial score (nSPS) is 15.9. The summed E-state index contributed by atoms with van der Waals surface area (Å²) in [6.07, 6.45) is 2.77. The number of aromatic nitrogens is 1. The van der Waals surface area contributed by atoms with Crippen LogP contribution < -0.4 is 15.4 Å². The Morgan fingerprint density at radius 3 is 2.82 bits per heavy atom. The van der Waals surface area contributed by atoms with E-state index in [0.29, 0.717) is 11.6 Å². The first-order valence-corrected chi connectivity index (χ1v) is 11.6. The molecule has 9 heteroatoms. The van der Waals surface area contributed by atoms with E-state index in [1.165, 1.54) is 18.2 Å². The SMILES string of the molecule is COc1ccc2nccc([C@@H](O)CN3CCC(NCC(=O)Nc4cc(F)ccc4Cl)CC3)c2c1. The Kier molecular flexibility index (Phi) is 7.95. The van der Waals surface area contributed by atoms with Gasteiger partial charge in [-0.1, -0.05) is 11.6 Å². The van der Waals surface area contributed by atoms with E-state index >= 15 is 0 Å². The minimum atomic E-state index is -0.649. The van der Waals surface area contributed by atoms with Gasteiger partial charge in [0.2, 0.25) is 5.91 Å². The van der Waals surface area contributed by atoms with Crippen LogP contribution in [0.15, 0.2) is 48.7 Å². The molecule has 1 aliphatic heterocycles. The average Bonchev–Trinajstić information content (AvgIpc) is 2.85. The van der Waals surface area contributed by atoms with Crippen LogP contribution in [0.2, 0.25) is 5.02 Å². The number of hydrogen-bond donors (Lipinski definition) is 3. The van der Waals surface area contributed by atoms with E-state index < -0.39 is 11.9 Å². The molecular weight excluding hydrogens is 459 g/mol. The number of fused-ring (bicyclic) bond motifs is 1. The van der Waals surface area contributed by atoms with Crippen molar-refractivity contribution in [1.29, 1.82) is 0 Å². The molecule has 0 aliphatic carbocycles. The number of likely N-dealkylation sites (tertiary alicyclic amines) is 1. The maximum Gasteiger partial charge on any atom is 0.238 e. The molecule has 1 saturated heterocycles. The molecule has 3 N–H and O–H groups in total. The van der Waals surface area contributed by atoms with Gasteiger partial charge in [-0.25, -0.2) is 4.39 Å². The van der Waals surface area contributed by atoms with Gasteiger partial charge in [-0.2, -0.15) is 0 Å². The van der Waals surface area contributed by atoms with Crippen molar-refractivity contribution in [2.24, 2.45) is 0 Å². The number of piperidine rings is 1. The Hall–Kier alpha value is -2.78. The third-order valence-corrected chi connectivity index (χ3v) is 6.44. The van der Waals surface area contributed by atoms with E-state index in [2.05, 4.69) is 20.5 Å². The molecule has 2 heterocycles. The summed E-state index contributed by atoms with van der Waals surface area (Å²) in [7, 11) is 1.62. The van der Waals surface area contributed by atoms with Crippen molar-refractivity contribution in [2.75, 3.05) is 38.6 Å². The number of ether oxygens (including phenoxy) is 1. The number of aliphatic hydroxyl groups is 1. The molecular formula is C25H28ClFN4O3. The Labute approximate surface area is 202 Å². The second kappa shape index (κ2) is 11.1. The lowest BCUT2D eigenvalue weighted by atomic mass is 10.0. The van der Waals surface area contributed by atoms with E-state index in [9.17, 15) is 14.3 Å². The molecule has 34 heavy (non-hydrogen) atoms. The van der Waals surface area contributed by atoms with Gasteiger partial charge in [0, 0.05) is 24.2 Å². The molecule has 0 bridgehead atoms. The molecule has 7 nitrogen and oxygen atoms in total. The number of aliphatic hydroxyl groups excluding tert-OH is 1. The number of carbonyl (C=O) groups is 1. The standard InChI is InChI=1S/C25H28ClFN4O3/c1-34-18-3-5-22-20(13-18)19(6-9-28-22)24(32)15-31-10-7-17(8-11-31)29-14-25(33)30-23-12-16(27)2-4-21(23)26/h2-6,9,12-13,17,24,29,32H,7-8,10-11,14-15H2,1H3,(H,30,33)/t24-/m0/s1. The minimum Gasteiger partial charge on any atom is -0.497 e. The van der Waals surface area contributed by atoms with Gasteiger partial charge in [-0.15, -0.1) is 0 Å². The highest BCUT2D eigenvalue weighted by molar-refractivity contribution is 6.33. The van der Waals surface area contributed by atoms with Gasteiger partial charge in [0.05, 0.1) is 36.0 Å². The molecule has 3 aromatic rings. The molecule has 2 aromatic carbocycles. The zero-order valence-electron chi connectivity index (χ0n) is 18.9. The van der Waals surface area contributed by atoms with Crippen LogP contribution in [0, 0.1) is 5.82 Å². The lowest BCUT2D eigenvalue weighted by Gasteiger charge is -2.33. The maximum atomic E-state index is 13.4. The summed E-state index contributed by atoms with van der Waals surface area (Å²) in [5, 5.41) is 18.0. The molecule has 180 valence electrons. The quantitative estimate of drug-likeness (QED) is 0.449. The zero-order valence-corrected chi connectivity index (χ0v) is 19.7. The predicted molar refractivity (Wildman–Crippen MR) is 131 cm³/mol. The highest BCUT2D eigenvalue weighted by Gasteiger charge is 2.23. The van der Waals surface area contributed by atoms with Gasteiger partial charge in [-0.05, 0) is 74.0 Å². The number of methoxy groups -OCH3 is 1. The number of halogens is 2. The Balaban J connectivity index is 1.26. The summed E-state index contributed by atoms with van der Waals surface area (Å²) in [6.45, 7) is 2.24. The molecule has 1 amide bonds. The van der Waals surface area contributed by atoms with E-state index in [1.807, 2.05) is 24.3 Å². The summed E-state index contributed by atoms with van der Waals surface area (Å²) in [5.41, 5.74) is 1.91. The minimum absolute atomic E-state index is 0.116. The fraction of sp³-hybridized carbons (Fsp3) is 0.360. The van der Waals surface area contributed by atoms with Crippen LogP contribution >= 0.6 is 11.6 Å². The topological polar surface area (TPSA) is 86.7 Å². The predicted octanol–water partition coefficient (Wildman–Crippen LogP) is 3.76. The van der Waals surface area contributed by atoms with Crippen LogP contribution in [0.4, 0.5) is 10.1 Å². The Bertz CT molecular complexity index is 1150. The summed E-state index contributed by atoms with van der Waals surface area (Å²) in [4.78, 5) is 18.8. The number of carbonyl (C=O) groups excluding carboxylic acids is 1. The molecule has 0 spiro atoms. The number of rotatable bonds is 8. The molecule has 0 saturated carbocycles. The Morgan fingerprint density at radius 1 is 1.26 bits per heavy atom. The maximum absolute atomic E-state index is 13.4. The van der Waals surface area contributed by atoms with Crippen molar-refractivity contribution in [2.45, 2.75) is 25.0 Å². The van der Waals surface area contributed by atoms with Gasteiger partial charge in [0.25, 0.3) is 0 Å². The number of pyridine rings is 1. The largest absolute Gasteiger partial charge is 0.497 e. The molecule has 0 unspecified atom stereocenters. The van der Waals surface area contributed by atoms with Crippen molar-refractivity contribution in [3.8, 4) is 5.75 Å². The molecule has 1 fully saturated rings. The summed E-state index contributed by atoms with van der Waals surface area (Å²) >= 11 is 6.00. The zero-order chi connectivity index (χ0) is 24.1. The van der Waals surface area contributed by atoms with Crippen LogP contribution in [0.3, 0.4) is 0 Å². The van der Waals surface area contributed by atoms with Gasteiger partial charge in [0.1, 0.15) is 11.6 Å². The summed E-state index contributed by atoms with van der Waals surface area (Å²) < 4.78 is 18.7. The fourth-order valence-electron chi connectivity index (χ4n) is 4.25. The number of nitrogens with one attached hydrogen (secondary N) is 2. The first-order valence-electron chi connectivity index (χ1n) is 11.2. The van der Waals surface area contributed by atoms with Crippen LogP contribution in [-0.2, 0) is 4.79 Å². The summed E-state index contributed by atoms with van der Waals surface area (Å²) in [6, 6.07) is 11.5. The van der Waals surface area contributed by atoms with Gasteiger partial charge < -0.3 is 25.4 Å². The molecule has 4 rings (SSSR count). The van der Waals surface area contributed by atoms with E-state index in [1.54, 1.807) is 13.3 Å². The average molecular weight is 487 g/mol. The van der Waals surface area contributed by atoms with Gasteiger partial charge in [-0.3, -0.25) is 9.78 Å². The van der Waals surface area contributed by atoms with Crippen molar-refractivity contribution in [3.63, 3.8) is 0 Å². The monoisotopic (exact) mass is 486 g/mol. The highest BCUT2D eigenvalue weighted by atomic mass is 35.5. The number of hydrogen-bond acceptors (Lipinski definition) is 6. The Morgan fingerprint density at radius 2 is 2.06 bits per heavy atom. The number of β-amino-alcohol motifs (C(OH)–C–C–N with tert-alkyl or cyclic N) is 1. The second-order valence-electron chi connectivity index (χ2n) is 8.43. The molecule has 0 radical (unpaired) electrons. The third kappa shape index (κ3) is 6.01. The van der Waals surface area contributed by atoms with E-state index in [-0.39, 0.29) is 24.2 Å². The highest BCUT2D eigenvalue weighted by Crippen LogP contribution is 2.28. The van der Waals surface area contributed by atoms with Crippen molar-refractivity contribution >= 4 is 34.1 Å². The fourth-order valence-corrected chi connectivity index (χ4v) is 4.42. The summed E-state index contributed by atoms with van der Waals surface area (Å²) in [5.74, 6) is -0.00369. The van der Waals surface area contributed by atoms with Crippen molar-refractivity contribution in [1.82, 2.24) is 15.2 Å². The smallest absolute Gasteiger partial charge is 0.238 e. The van der Waals surface area contributed by atoms with Crippen molar-refractivity contribution < 1.29 is 19.0 Å². The van der Waals surface area contributed by atoms with Crippen LogP contribution in [0.25, 0.3) is 10.9 Å². The van der Waals surface area contributed by atoms with Crippen molar-refractivity contribution in [3.05, 3.63) is 65.1 Å². The van der Waals surface area contributed by atoms with Gasteiger partial charge in [0.15, 0.2) is 0 Å². The van der Waals surface area contributed by atoms with Gasteiger partial charge >= 0.3 is 0 Å². The number of nitrogens with zero attached hydrogens (tertiary/aromatic N) is 2. The van der Waals surface area contributed by atoms with E-state index in [0.717, 1.165) is 48.1 Å². The first kappa shape index (κ1) is 24.3. The van der Waals surface area contributed by atoms with Crippen LogP contribution in [0.5, 0.6) is 5.75 Å².